The van der Waals surface area contributed by atoms with Gasteiger partial charge in [0.1, 0.15) is 12.4 Å². The summed E-state index contributed by atoms with van der Waals surface area (Å²) in [5.74, 6) is 0.00833. The monoisotopic (exact) mass is 499 g/mol. The molecule has 1 saturated heterocycles. The SMILES string of the molecule is COCCCCn1c(C(=O)N(C(C)C)[C@@H]2CCCNC2)c(OCCOC)c2cc(F)ccc21.Cl. The molecule has 1 aromatic carbocycles. The van der Waals surface area contributed by atoms with Crippen molar-refractivity contribution in [1.82, 2.24) is 14.8 Å². The molecule has 192 valence electrons. The Bertz CT molecular complexity index is 915. The first kappa shape index (κ1) is 28.4. The molecule has 3 rings (SSSR count). The van der Waals surface area contributed by atoms with Crippen molar-refractivity contribution in [3.8, 4) is 5.75 Å². The summed E-state index contributed by atoms with van der Waals surface area (Å²) in [6.07, 6.45) is 3.69. The van der Waals surface area contributed by atoms with E-state index < -0.39 is 0 Å². The van der Waals surface area contributed by atoms with Crippen LogP contribution in [0.4, 0.5) is 4.39 Å². The van der Waals surface area contributed by atoms with Crippen LogP contribution in [0.5, 0.6) is 5.75 Å². The maximum Gasteiger partial charge on any atom is 0.274 e. The lowest BCUT2D eigenvalue weighted by Crippen LogP contribution is -2.52. The van der Waals surface area contributed by atoms with Crippen LogP contribution in [-0.2, 0) is 16.0 Å². The van der Waals surface area contributed by atoms with Crippen LogP contribution in [0.1, 0.15) is 50.0 Å². The molecule has 0 bridgehead atoms. The Labute approximate surface area is 208 Å². The van der Waals surface area contributed by atoms with Crippen molar-refractivity contribution in [3.05, 3.63) is 29.7 Å². The van der Waals surface area contributed by atoms with Gasteiger partial charge in [0.25, 0.3) is 5.91 Å². The molecule has 0 spiro atoms. The van der Waals surface area contributed by atoms with E-state index in [4.69, 9.17) is 14.2 Å². The van der Waals surface area contributed by atoms with Crippen molar-refractivity contribution < 1.29 is 23.4 Å². The highest BCUT2D eigenvalue weighted by atomic mass is 35.5. The van der Waals surface area contributed by atoms with E-state index in [0.717, 1.165) is 44.3 Å². The normalized spacial score (nSPS) is 16.0. The Morgan fingerprint density at radius 3 is 2.62 bits per heavy atom. The maximum atomic E-state index is 14.3. The summed E-state index contributed by atoms with van der Waals surface area (Å²) in [6, 6.07) is 4.76. The number of amides is 1. The van der Waals surface area contributed by atoms with Gasteiger partial charge in [-0.2, -0.15) is 0 Å². The van der Waals surface area contributed by atoms with E-state index in [1.807, 2.05) is 23.3 Å². The third-order valence-corrected chi connectivity index (χ3v) is 6.15. The number of aromatic nitrogens is 1. The lowest BCUT2D eigenvalue weighted by atomic mass is 10.0. The zero-order chi connectivity index (χ0) is 23.8. The van der Waals surface area contributed by atoms with E-state index in [1.165, 1.54) is 12.1 Å². The number of unbranched alkanes of at least 4 members (excludes halogenated alkanes) is 1. The van der Waals surface area contributed by atoms with Gasteiger partial charge in [0.2, 0.25) is 0 Å². The minimum Gasteiger partial charge on any atom is -0.488 e. The van der Waals surface area contributed by atoms with E-state index >= 15 is 0 Å². The van der Waals surface area contributed by atoms with Crippen molar-refractivity contribution in [2.24, 2.45) is 0 Å². The minimum absolute atomic E-state index is 0. The van der Waals surface area contributed by atoms with Gasteiger partial charge in [-0.15, -0.1) is 12.4 Å². The molecule has 1 aromatic heterocycles. The zero-order valence-electron chi connectivity index (χ0n) is 20.8. The average molecular weight is 500 g/mol. The number of piperidine rings is 1. The van der Waals surface area contributed by atoms with E-state index in [1.54, 1.807) is 20.3 Å². The lowest BCUT2D eigenvalue weighted by molar-refractivity contribution is 0.0556. The number of rotatable bonds is 12. The number of benzene rings is 1. The minimum atomic E-state index is -0.355. The lowest BCUT2D eigenvalue weighted by Gasteiger charge is -2.38. The Morgan fingerprint density at radius 1 is 1.21 bits per heavy atom. The Kier molecular flexibility index (Phi) is 11.6. The summed E-state index contributed by atoms with van der Waals surface area (Å²) < 4.78 is 32.7. The Hall–Kier alpha value is -1.87. The predicted octanol–water partition coefficient (Wildman–Crippen LogP) is 4.26. The summed E-state index contributed by atoms with van der Waals surface area (Å²) >= 11 is 0. The molecule has 34 heavy (non-hydrogen) atoms. The highest BCUT2D eigenvalue weighted by Crippen LogP contribution is 2.36. The molecule has 9 heteroatoms. The van der Waals surface area contributed by atoms with E-state index in [9.17, 15) is 9.18 Å². The third kappa shape index (κ3) is 6.62. The van der Waals surface area contributed by atoms with Crippen molar-refractivity contribution in [1.29, 1.82) is 0 Å². The van der Waals surface area contributed by atoms with E-state index in [-0.39, 0.29) is 42.8 Å². The van der Waals surface area contributed by atoms with Gasteiger partial charge in [0, 0.05) is 51.4 Å². The predicted molar refractivity (Wildman–Crippen MR) is 135 cm³/mol. The number of nitrogens with zero attached hydrogens (tertiary/aromatic N) is 2. The summed E-state index contributed by atoms with van der Waals surface area (Å²) in [5, 5.41) is 4.04. The molecule has 0 saturated carbocycles. The van der Waals surface area contributed by atoms with Gasteiger partial charge in [-0.1, -0.05) is 0 Å². The first-order chi connectivity index (χ1) is 16.0. The van der Waals surface area contributed by atoms with Gasteiger partial charge in [-0.3, -0.25) is 4.79 Å². The molecule has 1 atom stereocenters. The number of halogens is 2. The van der Waals surface area contributed by atoms with Crippen LogP contribution in [0.25, 0.3) is 10.9 Å². The molecule has 1 amide bonds. The number of nitrogens with one attached hydrogen (secondary N) is 1. The zero-order valence-corrected chi connectivity index (χ0v) is 21.6. The van der Waals surface area contributed by atoms with Gasteiger partial charge in [-0.25, -0.2) is 4.39 Å². The van der Waals surface area contributed by atoms with Gasteiger partial charge in [0.05, 0.1) is 12.1 Å². The number of hydrogen-bond acceptors (Lipinski definition) is 5. The summed E-state index contributed by atoms with van der Waals surface area (Å²) in [5.41, 5.74) is 1.29. The van der Waals surface area contributed by atoms with Crippen molar-refractivity contribution in [2.45, 2.75) is 58.2 Å². The van der Waals surface area contributed by atoms with Crippen LogP contribution in [0.3, 0.4) is 0 Å². The number of methoxy groups -OCH3 is 2. The van der Waals surface area contributed by atoms with E-state index in [2.05, 4.69) is 5.32 Å². The first-order valence-corrected chi connectivity index (χ1v) is 11.9. The van der Waals surface area contributed by atoms with Gasteiger partial charge >= 0.3 is 0 Å². The van der Waals surface area contributed by atoms with Crippen LogP contribution in [0.15, 0.2) is 18.2 Å². The second-order valence-electron chi connectivity index (χ2n) is 8.84. The number of carbonyl (C=O) groups is 1. The van der Waals surface area contributed by atoms with Crippen molar-refractivity contribution in [3.63, 3.8) is 0 Å². The second kappa shape index (κ2) is 13.9. The van der Waals surface area contributed by atoms with Crippen LogP contribution >= 0.6 is 12.4 Å². The first-order valence-electron chi connectivity index (χ1n) is 11.9. The molecular formula is C25H39ClFN3O4. The molecule has 0 unspecified atom stereocenters. The number of ether oxygens (including phenoxy) is 3. The Morgan fingerprint density at radius 2 is 1.97 bits per heavy atom. The Balaban J connectivity index is 0.00000408. The molecule has 2 heterocycles. The third-order valence-electron chi connectivity index (χ3n) is 6.15. The number of aryl methyl sites for hydroxylation is 1. The largest absolute Gasteiger partial charge is 0.488 e. The topological polar surface area (TPSA) is 65.0 Å². The summed E-state index contributed by atoms with van der Waals surface area (Å²) in [4.78, 5) is 16.1. The fourth-order valence-corrected chi connectivity index (χ4v) is 4.65. The number of carbonyl (C=O) groups excluding carboxylic acids is 1. The van der Waals surface area contributed by atoms with Crippen molar-refractivity contribution >= 4 is 29.2 Å². The van der Waals surface area contributed by atoms with Gasteiger partial charge in [-0.05, 0) is 64.3 Å². The maximum absolute atomic E-state index is 14.3. The number of hydrogen-bond donors (Lipinski definition) is 1. The molecule has 1 fully saturated rings. The average Bonchev–Trinajstić information content (AvgIpc) is 3.10. The van der Waals surface area contributed by atoms with Crippen LogP contribution < -0.4 is 10.1 Å². The summed E-state index contributed by atoms with van der Waals surface area (Å²) in [6.45, 7) is 7.77. The van der Waals surface area contributed by atoms with Gasteiger partial charge in [0.15, 0.2) is 11.4 Å². The highest BCUT2D eigenvalue weighted by molar-refractivity contribution is 6.04. The molecule has 1 aliphatic heterocycles. The fraction of sp³-hybridized carbons (Fsp3) is 0.640. The number of fused-ring (bicyclic) bond motifs is 1. The molecular weight excluding hydrogens is 461 g/mol. The van der Waals surface area contributed by atoms with Crippen LogP contribution in [0, 0.1) is 5.82 Å². The second-order valence-corrected chi connectivity index (χ2v) is 8.84. The molecule has 2 aromatic rings. The highest BCUT2D eigenvalue weighted by Gasteiger charge is 2.34. The van der Waals surface area contributed by atoms with Crippen LogP contribution in [-0.4, -0.2) is 74.6 Å². The molecule has 1 N–H and O–H groups in total. The standard InChI is InChI=1S/C25H38FN3O4.ClH/c1-18(2)29(20-8-7-11-27-17-20)25(30)23-24(33-15-14-32-4)21-16-19(26)9-10-22(21)28(23)12-5-6-13-31-3;/h9-10,16,18,20,27H,5-8,11-15,17H2,1-4H3;1H/t20-;/m1./s1. The quantitative estimate of drug-likeness (QED) is 0.442. The smallest absolute Gasteiger partial charge is 0.274 e. The fourth-order valence-electron chi connectivity index (χ4n) is 4.65. The van der Waals surface area contributed by atoms with E-state index in [0.29, 0.717) is 36.6 Å². The molecule has 0 radical (unpaired) electrons. The molecule has 1 aliphatic rings. The molecule has 0 aliphatic carbocycles. The summed E-state index contributed by atoms with van der Waals surface area (Å²) in [7, 11) is 3.29. The van der Waals surface area contributed by atoms with Gasteiger partial charge < -0.3 is 29.0 Å². The molecule has 7 nitrogen and oxygen atoms in total. The van der Waals surface area contributed by atoms with Crippen molar-refractivity contribution in [2.75, 3.05) is 47.1 Å². The van der Waals surface area contributed by atoms with Crippen LogP contribution in [0.2, 0.25) is 0 Å².